The van der Waals surface area contributed by atoms with E-state index in [2.05, 4.69) is 4.98 Å². The Morgan fingerprint density at radius 3 is 2.82 bits per heavy atom. The van der Waals surface area contributed by atoms with Crippen molar-refractivity contribution in [2.24, 2.45) is 0 Å². The van der Waals surface area contributed by atoms with E-state index < -0.39 is 16.1 Å². The van der Waals surface area contributed by atoms with Crippen LogP contribution in [0.2, 0.25) is 0 Å². The molecular formula is C20H20N2O4S2. The lowest BCUT2D eigenvalue weighted by molar-refractivity contribution is 0.0336. The summed E-state index contributed by atoms with van der Waals surface area (Å²) in [6.07, 6.45) is 2.46. The van der Waals surface area contributed by atoms with Crippen molar-refractivity contribution in [3.8, 4) is 5.75 Å². The highest BCUT2D eigenvalue weighted by Crippen LogP contribution is 2.31. The number of benzene rings is 1. The second-order valence-corrected chi connectivity index (χ2v) is 9.38. The van der Waals surface area contributed by atoms with Crippen LogP contribution in [0.4, 0.5) is 0 Å². The Balaban J connectivity index is 1.54. The Morgan fingerprint density at radius 1 is 1.18 bits per heavy atom. The van der Waals surface area contributed by atoms with Crippen LogP contribution in [-0.4, -0.2) is 37.0 Å². The predicted octanol–water partition coefficient (Wildman–Crippen LogP) is 3.31. The molecule has 0 aliphatic carbocycles. The van der Waals surface area contributed by atoms with E-state index >= 15 is 0 Å². The number of hydrogen-bond donors (Lipinski definition) is 0. The third kappa shape index (κ3) is 4.25. The number of rotatable bonds is 6. The second-order valence-electron chi connectivity index (χ2n) is 6.44. The average Bonchev–Trinajstić information content (AvgIpc) is 3.18. The Labute approximate surface area is 168 Å². The summed E-state index contributed by atoms with van der Waals surface area (Å²) in [5.41, 5.74) is 1.06. The van der Waals surface area contributed by atoms with Crippen molar-refractivity contribution in [1.29, 1.82) is 0 Å². The standard InChI is InChI=1S/C20H20N2O4S2/c23-28(24)20-11-21-9-8-19(20)26-17(12-22(28)13-18-7-4-10-27-18)15-25-14-16-5-2-1-3-6-16/h1-11,17H,12-15H2/t17-/m1/s1. The highest BCUT2D eigenvalue weighted by atomic mass is 32.2. The van der Waals surface area contributed by atoms with Gasteiger partial charge in [0.25, 0.3) is 0 Å². The lowest BCUT2D eigenvalue weighted by atomic mass is 10.2. The summed E-state index contributed by atoms with van der Waals surface area (Å²) in [5.74, 6) is 0.317. The van der Waals surface area contributed by atoms with E-state index in [1.165, 1.54) is 28.0 Å². The topological polar surface area (TPSA) is 68.7 Å². The van der Waals surface area contributed by atoms with Crippen molar-refractivity contribution in [2.75, 3.05) is 13.2 Å². The Bertz CT molecular complexity index is 1010. The summed E-state index contributed by atoms with van der Waals surface area (Å²) in [7, 11) is -3.71. The predicted molar refractivity (Wildman–Crippen MR) is 107 cm³/mol. The SMILES string of the molecule is O=S1(=O)c2cnccc2O[C@@H](COCc2ccccc2)CN1Cc1cccs1. The Morgan fingerprint density at radius 2 is 2.04 bits per heavy atom. The molecule has 0 fully saturated rings. The van der Waals surface area contributed by atoms with Crippen LogP contribution in [0.25, 0.3) is 0 Å². The molecular weight excluding hydrogens is 396 g/mol. The van der Waals surface area contributed by atoms with Gasteiger partial charge in [-0.15, -0.1) is 11.3 Å². The molecule has 28 heavy (non-hydrogen) atoms. The first-order valence-corrected chi connectivity index (χ1v) is 11.2. The second kappa shape index (κ2) is 8.40. The van der Waals surface area contributed by atoms with Crippen LogP contribution in [0, 0.1) is 0 Å². The molecule has 0 saturated heterocycles. The number of hydrogen-bond acceptors (Lipinski definition) is 6. The van der Waals surface area contributed by atoms with Gasteiger partial charge in [-0.25, -0.2) is 8.42 Å². The largest absolute Gasteiger partial charge is 0.485 e. The third-order valence-electron chi connectivity index (χ3n) is 4.39. The van der Waals surface area contributed by atoms with Crippen LogP contribution < -0.4 is 4.74 Å². The molecule has 0 saturated carbocycles. The van der Waals surface area contributed by atoms with Crippen LogP contribution >= 0.6 is 11.3 Å². The van der Waals surface area contributed by atoms with Gasteiger partial charge in [-0.2, -0.15) is 4.31 Å². The highest BCUT2D eigenvalue weighted by molar-refractivity contribution is 7.89. The Kier molecular flexibility index (Phi) is 5.72. The molecule has 0 unspecified atom stereocenters. The highest BCUT2D eigenvalue weighted by Gasteiger charge is 2.35. The van der Waals surface area contributed by atoms with E-state index in [0.29, 0.717) is 18.9 Å². The molecule has 0 radical (unpaired) electrons. The molecule has 8 heteroatoms. The van der Waals surface area contributed by atoms with E-state index in [0.717, 1.165) is 10.4 Å². The average molecular weight is 417 g/mol. The maximum atomic E-state index is 13.2. The zero-order valence-electron chi connectivity index (χ0n) is 15.1. The number of pyridine rings is 1. The van der Waals surface area contributed by atoms with E-state index in [1.807, 2.05) is 47.8 Å². The molecule has 0 bridgehead atoms. The molecule has 1 atom stereocenters. The van der Waals surface area contributed by atoms with Gasteiger partial charge in [0.15, 0.2) is 0 Å². The molecule has 1 aromatic carbocycles. The molecule has 1 aliphatic heterocycles. The number of sulfonamides is 1. The molecule has 146 valence electrons. The van der Waals surface area contributed by atoms with Gasteiger partial charge in [0, 0.05) is 17.6 Å². The molecule has 3 heterocycles. The molecule has 0 spiro atoms. The molecule has 0 N–H and O–H groups in total. The first-order chi connectivity index (χ1) is 13.6. The number of ether oxygens (including phenoxy) is 2. The van der Waals surface area contributed by atoms with Gasteiger partial charge in [0.2, 0.25) is 10.0 Å². The van der Waals surface area contributed by atoms with E-state index in [9.17, 15) is 8.42 Å². The number of nitrogens with zero attached hydrogens (tertiary/aromatic N) is 2. The van der Waals surface area contributed by atoms with Crippen LogP contribution in [0.15, 0.2) is 71.2 Å². The zero-order valence-corrected chi connectivity index (χ0v) is 16.7. The van der Waals surface area contributed by atoms with Crippen molar-refractivity contribution in [2.45, 2.75) is 24.2 Å². The van der Waals surface area contributed by atoms with Crippen molar-refractivity contribution in [3.05, 3.63) is 76.7 Å². The van der Waals surface area contributed by atoms with Gasteiger partial charge >= 0.3 is 0 Å². The summed E-state index contributed by atoms with van der Waals surface area (Å²) in [6.45, 7) is 1.24. The van der Waals surface area contributed by atoms with Gasteiger partial charge in [-0.3, -0.25) is 4.98 Å². The summed E-state index contributed by atoms with van der Waals surface area (Å²) in [6, 6.07) is 15.3. The number of aromatic nitrogens is 1. The smallest absolute Gasteiger partial charge is 0.248 e. The van der Waals surface area contributed by atoms with E-state index in [-0.39, 0.29) is 18.0 Å². The lowest BCUT2D eigenvalue weighted by Gasteiger charge is -2.22. The zero-order chi connectivity index (χ0) is 19.4. The van der Waals surface area contributed by atoms with Crippen molar-refractivity contribution >= 4 is 21.4 Å². The van der Waals surface area contributed by atoms with Crippen molar-refractivity contribution in [3.63, 3.8) is 0 Å². The van der Waals surface area contributed by atoms with Crippen LogP contribution in [0.5, 0.6) is 5.75 Å². The fourth-order valence-corrected chi connectivity index (χ4v) is 5.35. The van der Waals surface area contributed by atoms with Gasteiger partial charge in [0.1, 0.15) is 16.7 Å². The Hall–Kier alpha value is -2.26. The first kappa shape index (κ1) is 19.1. The first-order valence-electron chi connectivity index (χ1n) is 8.88. The van der Waals surface area contributed by atoms with Gasteiger partial charge in [0.05, 0.1) is 26.0 Å². The monoisotopic (exact) mass is 416 g/mol. The molecule has 6 nitrogen and oxygen atoms in total. The fraction of sp³-hybridized carbons (Fsp3) is 0.250. The minimum absolute atomic E-state index is 0.0946. The maximum absolute atomic E-state index is 13.2. The summed E-state index contributed by atoms with van der Waals surface area (Å²) < 4.78 is 39.6. The van der Waals surface area contributed by atoms with Crippen molar-refractivity contribution < 1.29 is 17.9 Å². The van der Waals surface area contributed by atoms with Gasteiger partial charge in [-0.1, -0.05) is 36.4 Å². The van der Waals surface area contributed by atoms with Gasteiger partial charge < -0.3 is 9.47 Å². The van der Waals surface area contributed by atoms with Crippen molar-refractivity contribution in [1.82, 2.24) is 9.29 Å². The van der Waals surface area contributed by atoms with Crippen LogP contribution in [0.1, 0.15) is 10.4 Å². The van der Waals surface area contributed by atoms with Crippen LogP contribution in [-0.2, 0) is 27.9 Å². The van der Waals surface area contributed by atoms with E-state index in [1.54, 1.807) is 6.07 Å². The van der Waals surface area contributed by atoms with Crippen LogP contribution in [0.3, 0.4) is 0 Å². The maximum Gasteiger partial charge on any atom is 0.248 e. The molecule has 1 aliphatic rings. The minimum Gasteiger partial charge on any atom is -0.485 e. The summed E-state index contributed by atoms with van der Waals surface area (Å²) in [4.78, 5) is 5.05. The molecule has 0 amide bonds. The summed E-state index contributed by atoms with van der Waals surface area (Å²) >= 11 is 1.53. The van der Waals surface area contributed by atoms with E-state index in [4.69, 9.17) is 9.47 Å². The fourth-order valence-electron chi connectivity index (χ4n) is 3.03. The third-order valence-corrected chi connectivity index (χ3v) is 7.07. The molecule has 3 aromatic rings. The normalized spacial score (nSPS) is 18.8. The summed E-state index contributed by atoms with van der Waals surface area (Å²) in [5, 5.41) is 1.94. The molecule has 2 aromatic heterocycles. The number of fused-ring (bicyclic) bond motifs is 1. The lowest BCUT2D eigenvalue weighted by Crippen LogP contribution is -2.38. The molecule has 4 rings (SSSR count). The minimum atomic E-state index is -3.71. The number of thiophene rings is 1. The quantitative estimate of drug-likeness (QED) is 0.617. The van der Waals surface area contributed by atoms with Gasteiger partial charge in [-0.05, 0) is 23.1 Å².